The van der Waals surface area contributed by atoms with Gasteiger partial charge in [-0.05, 0) is 28.3 Å². The third kappa shape index (κ3) is 3.79. The highest BCUT2D eigenvalue weighted by molar-refractivity contribution is 6.13. The molecule has 0 amide bonds. The second-order valence-electron chi connectivity index (χ2n) is 9.29. The molecule has 3 aliphatic heterocycles. The van der Waals surface area contributed by atoms with E-state index < -0.39 is 6.04 Å². The van der Waals surface area contributed by atoms with Crippen molar-refractivity contribution in [2.45, 2.75) is 24.5 Å². The zero-order valence-corrected chi connectivity index (χ0v) is 19.1. The first kappa shape index (κ1) is 21.1. The molecule has 6 nitrogen and oxygen atoms in total. The average Bonchev–Trinajstić information content (AvgIpc) is 2.90. The number of anilines is 1. The SMILES string of the molecule is O=CC1NN=C2c3c(cccc31)NC(c1ccc(CN3CCNCC3)cc1)C2c1ccccc1. The fraction of sp³-hybridized carbons (Fsp3) is 0.286. The molecule has 6 rings (SSSR count). The van der Waals surface area contributed by atoms with Crippen LogP contribution in [-0.2, 0) is 11.3 Å². The van der Waals surface area contributed by atoms with E-state index in [-0.39, 0.29) is 12.0 Å². The van der Waals surface area contributed by atoms with Crippen molar-refractivity contribution in [3.05, 3.63) is 101 Å². The second-order valence-corrected chi connectivity index (χ2v) is 9.29. The lowest BCUT2D eigenvalue weighted by atomic mass is 9.75. The summed E-state index contributed by atoms with van der Waals surface area (Å²) in [7, 11) is 0. The van der Waals surface area contributed by atoms with Gasteiger partial charge in [0.25, 0.3) is 0 Å². The molecule has 3 aromatic carbocycles. The van der Waals surface area contributed by atoms with Crippen molar-refractivity contribution in [3.8, 4) is 0 Å². The number of hydrogen-bond acceptors (Lipinski definition) is 6. The molecule has 3 aliphatic rings. The van der Waals surface area contributed by atoms with Crippen LogP contribution < -0.4 is 16.1 Å². The van der Waals surface area contributed by atoms with Gasteiger partial charge in [0.1, 0.15) is 12.3 Å². The van der Waals surface area contributed by atoms with Gasteiger partial charge in [0.15, 0.2) is 0 Å². The van der Waals surface area contributed by atoms with Crippen molar-refractivity contribution in [1.29, 1.82) is 0 Å². The Morgan fingerprint density at radius 3 is 2.47 bits per heavy atom. The smallest absolute Gasteiger partial charge is 0.148 e. The van der Waals surface area contributed by atoms with E-state index in [1.807, 2.05) is 18.2 Å². The van der Waals surface area contributed by atoms with Crippen LogP contribution in [-0.4, -0.2) is 43.1 Å². The third-order valence-corrected chi connectivity index (χ3v) is 7.20. The van der Waals surface area contributed by atoms with Crippen LogP contribution in [0.2, 0.25) is 0 Å². The Morgan fingerprint density at radius 2 is 1.71 bits per heavy atom. The molecular formula is C28H29N5O. The molecule has 34 heavy (non-hydrogen) atoms. The van der Waals surface area contributed by atoms with Crippen LogP contribution in [0.3, 0.4) is 0 Å². The molecule has 1 saturated heterocycles. The maximum atomic E-state index is 11.7. The topological polar surface area (TPSA) is 68.8 Å². The molecule has 3 N–H and O–H groups in total. The molecule has 6 heteroatoms. The lowest BCUT2D eigenvalue weighted by Gasteiger charge is -2.39. The molecule has 3 unspecified atom stereocenters. The number of aldehydes is 1. The Bertz CT molecular complexity index is 1200. The van der Waals surface area contributed by atoms with Crippen LogP contribution in [0.1, 0.15) is 45.8 Å². The molecule has 0 saturated carbocycles. The predicted octanol–water partition coefficient (Wildman–Crippen LogP) is 3.59. The lowest BCUT2D eigenvalue weighted by molar-refractivity contribution is -0.109. The van der Waals surface area contributed by atoms with Gasteiger partial charge in [-0.2, -0.15) is 5.10 Å². The first-order chi connectivity index (χ1) is 16.8. The first-order valence-electron chi connectivity index (χ1n) is 12.1. The van der Waals surface area contributed by atoms with Gasteiger partial charge < -0.3 is 15.4 Å². The van der Waals surface area contributed by atoms with Crippen molar-refractivity contribution in [3.63, 3.8) is 0 Å². The number of rotatable bonds is 5. The number of hydrogen-bond donors (Lipinski definition) is 3. The summed E-state index contributed by atoms with van der Waals surface area (Å²) in [6, 6.07) is 25.3. The number of nitrogens with zero attached hydrogens (tertiary/aromatic N) is 2. The molecule has 0 aliphatic carbocycles. The lowest BCUT2D eigenvalue weighted by Crippen LogP contribution is -2.42. The van der Waals surface area contributed by atoms with Crippen LogP contribution in [0.15, 0.2) is 77.9 Å². The molecule has 0 radical (unpaired) electrons. The molecule has 1 fully saturated rings. The van der Waals surface area contributed by atoms with Gasteiger partial charge in [0, 0.05) is 44.0 Å². The average molecular weight is 452 g/mol. The molecule has 0 aromatic heterocycles. The summed E-state index contributed by atoms with van der Waals surface area (Å²) in [4.78, 5) is 14.2. The second kappa shape index (κ2) is 9.05. The fourth-order valence-electron chi connectivity index (χ4n) is 5.48. The summed E-state index contributed by atoms with van der Waals surface area (Å²) in [5.74, 6) is 0.0222. The molecule has 3 aromatic rings. The van der Waals surface area contributed by atoms with E-state index >= 15 is 0 Å². The van der Waals surface area contributed by atoms with E-state index in [0.717, 1.165) is 61.5 Å². The van der Waals surface area contributed by atoms with Crippen LogP contribution in [0.5, 0.6) is 0 Å². The Morgan fingerprint density at radius 1 is 0.912 bits per heavy atom. The number of carbonyl (C=O) groups excluding carboxylic acids is 1. The number of carbonyl (C=O) groups is 1. The van der Waals surface area contributed by atoms with Gasteiger partial charge in [-0.15, -0.1) is 0 Å². The monoisotopic (exact) mass is 451 g/mol. The van der Waals surface area contributed by atoms with E-state index in [0.29, 0.717) is 0 Å². The summed E-state index contributed by atoms with van der Waals surface area (Å²) in [6.45, 7) is 5.29. The van der Waals surface area contributed by atoms with Crippen LogP contribution in [0.4, 0.5) is 5.69 Å². The minimum Gasteiger partial charge on any atom is -0.377 e. The van der Waals surface area contributed by atoms with E-state index in [2.05, 4.69) is 75.6 Å². The summed E-state index contributed by atoms with van der Waals surface area (Å²) in [6.07, 6.45) is 0.927. The normalized spacial score (nSPS) is 23.8. The molecule has 3 heterocycles. The van der Waals surface area contributed by atoms with Gasteiger partial charge in [-0.25, -0.2) is 0 Å². The number of nitrogens with one attached hydrogen (secondary N) is 3. The Hall–Kier alpha value is -3.48. The zero-order valence-electron chi connectivity index (χ0n) is 19.1. The van der Waals surface area contributed by atoms with E-state index in [9.17, 15) is 4.79 Å². The molecule has 172 valence electrons. The minimum absolute atomic E-state index is 0.0222. The number of piperazine rings is 1. The Balaban J connectivity index is 1.38. The van der Waals surface area contributed by atoms with E-state index in [4.69, 9.17) is 5.10 Å². The van der Waals surface area contributed by atoms with Gasteiger partial charge in [0.2, 0.25) is 0 Å². The zero-order chi connectivity index (χ0) is 22.9. The maximum Gasteiger partial charge on any atom is 0.148 e. The summed E-state index contributed by atoms with van der Waals surface area (Å²) in [5, 5.41) is 12.0. The van der Waals surface area contributed by atoms with E-state index in [1.165, 1.54) is 16.7 Å². The Labute approximate surface area is 200 Å². The van der Waals surface area contributed by atoms with Crippen LogP contribution >= 0.6 is 0 Å². The molecular weight excluding hydrogens is 422 g/mol. The molecule has 3 atom stereocenters. The van der Waals surface area contributed by atoms with Crippen molar-refractivity contribution in [2.24, 2.45) is 5.10 Å². The highest BCUT2D eigenvalue weighted by Crippen LogP contribution is 2.45. The van der Waals surface area contributed by atoms with Gasteiger partial charge >= 0.3 is 0 Å². The third-order valence-electron chi connectivity index (χ3n) is 7.20. The maximum absolute atomic E-state index is 11.7. The van der Waals surface area contributed by atoms with Gasteiger partial charge in [-0.3, -0.25) is 10.3 Å². The van der Waals surface area contributed by atoms with Gasteiger partial charge in [0.05, 0.1) is 17.7 Å². The summed E-state index contributed by atoms with van der Waals surface area (Å²) < 4.78 is 0. The molecule has 0 bridgehead atoms. The first-order valence-corrected chi connectivity index (χ1v) is 12.1. The standard InChI is InChI=1S/C28H29N5O/c34-18-24-22-7-4-8-23-26(22)28(32-31-24)25(20-5-2-1-3-6-20)27(30-23)21-11-9-19(10-12-21)17-33-15-13-29-14-16-33/h1-12,18,24-25,27,29-31H,13-17H2. The highest BCUT2D eigenvalue weighted by atomic mass is 16.1. The van der Waals surface area contributed by atoms with Gasteiger partial charge in [-0.1, -0.05) is 66.7 Å². The van der Waals surface area contributed by atoms with Crippen molar-refractivity contribution < 1.29 is 4.79 Å². The largest absolute Gasteiger partial charge is 0.377 e. The molecule has 0 spiro atoms. The Kier molecular flexibility index (Phi) is 5.61. The fourth-order valence-corrected chi connectivity index (χ4v) is 5.48. The summed E-state index contributed by atoms with van der Waals surface area (Å²) in [5.41, 5.74) is 10.9. The van der Waals surface area contributed by atoms with Crippen molar-refractivity contribution >= 4 is 17.7 Å². The summed E-state index contributed by atoms with van der Waals surface area (Å²) >= 11 is 0. The number of benzene rings is 3. The minimum atomic E-state index is -0.419. The van der Waals surface area contributed by atoms with Crippen LogP contribution in [0.25, 0.3) is 0 Å². The van der Waals surface area contributed by atoms with Crippen molar-refractivity contribution in [1.82, 2.24) is 15.6 Å². The van der Waals surface area contributed by atoms with Crippen LogP contribution in [0, 0.1) is 0 Å². The van der Waals surface area contributed by atoms with E-state index in [1.54, 1.807) is 0 Å². The number of hydrazone groups is 1. The predicted molar refractivity (Wildman–Crippen MR) is 135 cm³/mol. The quantitative estimate of drug-likeness (QED) is 0.518. The van der Waals surface area contributed by atoms with Crippen molar-refractivity contribution in [2.75, 3.05) is 31.5 Å². The highest BCUT2D eigenvalue weighted by Gasteiger charge is 2.39.